The minimum atomic E-state index is -0.957. The second-order valence-electron chi connectivity index (χ2n) is 8.37. The monoisotopic (exact) mass is 418 g/mol. The molecule has 4 rings (SSSR count). The third kappa shape index (κ3) is 4.01. The van der Waals surface area contributed by atoms with Gasteiger partial charge in [-0.15, -0.1) is 0 Å². The van der Waals surface area contributed by atoms with Gasteiger partial charge in [-0.3, -0.25) is 4.79 Å². The van der Waals surface area contributed by atoms with Crippen LogP contribution in [0.25, 0.3) is 0 Å². The van der Waals surface area contributed by atoms with E-state index in [4.69, 9.17) is 0 Å². The molecule has 3 N–H and O–H groups in total. The van der Waals surface area contributed by atoms with E-state index in [0.717, 1.165) is 16.8 Å². The first-order chi connectivity index (χ1) is 14.8. The first-order valence-electron chi connectivity index (χ1n) is 10.1. The van der Waals surface area contributed by atoms with Crippen LogP contribution in [0.3, 0.4) is 0 Å². The summed E-state index contributed by atoms with van der Waals surface area (Å²) in [6, 6.07) is 18.3. The van der Waals surface area contributed by atoms with Crippen LogP contribution >= 0.6 is 0 Å². The van der Waals surface area contributed by atoms with Gasteiger partial charge in [-0.05, 0) is 59.4 Å². The highest BCUT2D eigenvalue weighted by Crippen LogP contribution is 2.45. The average Bonchev–Trinajstić information content (AvgIpc) is 2.73. The van der Waals surface area contributed by atoms with E-state index in [-0.39, 0.29) is 22.6 Å². The number of aromatic carboxylic acids is 1. The Morgan fingerprint density at radius 1 is 1.06 bits per heavy atom. The third-order valence-electron chi connectivity index (χ3n) is 5.74. The Morgan fingerprint density at radius 3 is 2.52 bits per heavy atom. The summed E-state index contributed by atoms with van der Waals surface area (Å²) in [5.41, 5.74) is 3.24. The SMILES string of the molecule is CC1(C)CC(c2ccccc2NC(=O)c2ccccc2F)Nc2ccc(C(=O)O)cc21. The molecule has 0 spiro atoms. The Kier molecular flexibility index (Phi) is 5.23. The molecule has 31 heavy (non-hydrogen) atoms. The number of halogens is 1. The lowest BCUT2D eigenvalue weighted by Crippen LogP contribution is -2.32. The van der Waals surface area contributed by atoms with Crippen molar-refractivity contribution in [1.29, 1.82) is 0 Å². The van der Waals surface area contributed by atoms with Gasteiger partial charge in [-0.2, -0.15) is 0 Å². The van der Waals surface area contributed by atoms with Crippen LogP contribution in [0.1, 0.15) is 58.2 Å². The number of nitrogens with one attached hydrogen (secondary N) is 2. The number of hydrogen-bond acceptors (Lipinski definition) is 3. The van der Waals surface area contributed by atoms with Gasteiger partial charge in [0, 0.05) is 11.4 Å². The van der Waals surface area contributed by atoms with E-state index in [0.29, 0.717) is 12.1 Å². The number of amides is 1. The molecule has 1 amide bonds. The summed E-state index contributed by atoms with van der Waals surface area (Å²) in [5.74, 6) is -2.04. The molecule has 0 aromatic heterocycles. The number of carboxylic acids is 1. The Labute approximate surface area is 179 Å². The minimum Gasteiger partial charge on any atom is -0.478 e. The summed E-state index contributed by atoms with van der Waals surface area (Å²) in [6.45, 7) is 4.15. The van der Waals surface area contributed by atoms with E-state index in [1.54, 1.807) is 36.4 Å². The van der Waals surface area contributed by atoms with Crippen molar-refractivity contribution in [3.8, 4) is 0 Å². The highest BCUT2D eigenvalue weighted by molar-refractivity contribution is 6.05. The van der Waals surface area contributed by atoms with Crippen LogP contribution in [-0.4, -0.2) is 17.0 Å². The zero-order valence-corrected chi connectivity index (χ0v) is 17.3. The van der Waals surface area contributed by atoms with Gasteiger partial charge < -0.3 is 15.7 Å². The van der Waals surface area contributed by atoms with Gasteiger partial charge in [0.25, 0.3) is 5.91 Å². The van der Waals surface area contributed by atoms with E-state index >= 15 is 0 Å². The van der Waals surface area contributed by atoms with Crippen LogP contribution in [0.2, 0.25) is 0 Å². The predicted molar refractivity (Wildman–Crippen MR) is 118 cm³/mol. The topological polar surface area (TPSA) is 78.4 Å². The van der Waals surface area contributed by atoms with Gasteiger partial charge in [-0.1, -0.05) is 44.2 Å². The number of carbonyl (C=O) groups is 2. The average molecular weight is 418 g/mol. The normalized spacial score (nSPS) is 16.7. The lowest BCUT2D eigenvalue weighted by atomic mass is 9.73. The lowest BCUT2D eigenvalue weighted by molar-refractivity contribution is 0.0696. The number of carbonyl (C=O) groups excluding carboxylic acids is 1. The number of anilines is 2. The fourth-order valence-electron chi connectivity index (χ4n) is 4.16. The van der Waals surface area contributed by atoms with E-state index in [9.17, 15) is 19.1 Å². The molecular weight excluding hydrogens is 395 g/mol. The Hall–Kier alpha value is -3.67. The first-order valence-corrected chi connectivity index (χ1v) is 10.1. The van der Waals surface area contributed by atoms with Crippen molar-refractivity contribution in [2.24, 2.45) is 0 Å². The second kappa shape index (κ2) is 7.87. The van der Waals surface area contributed by atoms with Crippen LogP contribution in [0, 0.1) is 5.82 Å². The van der Waals surface area contributed by atoms with Crippen LogP contribution in [-0.2, 0) is 5.41 Å². The van der Waals surface area contributed by atoms with Crippen molar-refractivity contribution >= 4 is 23.3 Å². The summed E-state index contributed by atoms with van der Waals surface area (Å²) in [5, 5.41) is 15.7. The Morgan fingerprint density at radius 2 is 1.77 bits per heavy atom. The van der Waals surface area contributed by atoms with Crippen LogP contribution in [0.5, 0.6) is 0 Å². The van der Waals surface area contributed by atoms with E-state index < -0.39 is 17.7 Å². The smallest absolute Gasteiger partial charge is 0.335 e. The third-order valence-corrected chi connectivity index (χ3v) is 5.74. The Balaban J connectivity index is 1.66. The first kappa shape index (κ1) is 20.6. The van der Waals surface area contributed by atoms with E-state index in [1.165, 1.54) is 12.1 Å². The number of carboxylic acid groups (broad SMARTS) is 1. The maximum Gasteiger partial charge on any atom is 0.335 e. The van der Waals surface area contributed by atoms with Gasteiger partial charge in [0.2, 0.25) is 0 Å². The number of hydrogen-bond donors (Lipinski definition) is 3. The second-order valence-corrected chi connectivity index (χ2v) is 8.37. The molecule has 1 atom stereocenters. The van der Waals surface area contributed by atoms with Crippen molar-refractivity contribution in [1.82, 2.24) is 0 Å². The molecule has 1 aliphatic heterocycles. The summed E-state index contributed by atoms with van der Waals surface area (Å²) in [4.78, 5) is 24.1. The van der Waals surface area contributed by atoms with Crippen molar-refractivity contribution < 1.29 is 19.1 Å². The van der Waals surface area contributed by atoms with Gasteiger partial charge in [0.1, 0.15) is 5.82 Å². The molecule has 0 bridgehead atoms. The van der Waals surface area contributed by atoms with Crippen molar-refractivity contribution in [2.75, 3.05) is 10.6 Å². The summed E-state index contributed by atoms with van der Waals surface area (Å²) in [6.07, 6.45) is 0.690. The zero-order valence-electron chi connectivity index (χ0n) is 17.3. The number of benzene rings is 3. The van der Waals surface area contributed by atoms with Crippen LogP contribution in [0.15, 0.2) is 66.7 Å². The molecule has 0 aliphatic carbocycles. The summed E-state index contributed by atoms with van der Waals surface area (Å²) in [7, 11) is 0. The van der Waals surface area contributed by atoms with Gasteiger partial charge in [0.05, 0.1) is 17.2 Å². The molecule has 0 fully saturated rings. The van der Waals surface area contributed by atoms with Crippen molar-refractivity contribution in [2.45, 2.75) is 31.7 Å². The predicted octanol–water partition coefficient (Wildman–Crippen LogP) is 5.61. The molecule has 6 heteroatoms. The molecule has 0 saturated carbocycles. The van der Waals surface area contributed by atoms with Crippen molar-refractivity contribution in [3.63, 3.8) is 0 Å². The zero-order chi connectivity index (χ0) is 22.2. The summed E-state index contributed by atoms with van der Waals surface area (Å²) >= 11 is 0. The minimum absolute atomic E-state index is 0.0132. The highest BCUT2D eigenvalue weighted by Gasteiger charge is 2.35. The maximum atomic E-state index is 14.0. The molecule has 0 radical (unpaired) electrons. The fraction of sp³-hybridized carbons (Fsp3) is 0.200. The molecule has 1 aliphatic rings. The standard InChI is InChI=1S/C25H23FN2O3/c1-25(2)14-22(27-21-12-11-15(24(30)31)13-18(21)25)17-8-4-6-10-20(17)28-23(29)16-7-3-5-9-19(16)26/h3-13,22,27H,14H2,1-2H3,(H,28,29)(H,30,31). The van der Waals surface area contributed by atoms with Gasteiger partial charge in [-0.25, -0.2) is 9.18 Å². The molecule has 1 unspecified atom stereocenters. The number of rotatable bonds is 4. The Bertz CT molecular complexity index is 1170. The number of fused-ring (bicyclic) bond motifs is 1. The quantitative estimate of drug-likeness (QED) is 0.515. The van der Waals surface area contributed by atoms with Crippen LogP contribution in [0.4, 0.5) is 15.8 Å². The van der Waals surface area contributed by atoms with E-state index in [1.807, 2.05) is 18.2 Å². The molecule has 3 aromatic rings. The number of para-hydroxylation sites is 1. The molecule has 0 saturated heterocycles. The fourth-order valence-corrected chi connectivity index (χ4v) is 4.16. The molecule has 1 heterocycles. The largest absolute Gasteiger partial charge is 0.478 e. The highest BCUT2D eigenvalue weighted by atomic mass is 19.1. The van der Waals surface area contributed by atoms with Crippen LogP contribution < -0.4 is 10.6 Å². The molecule has 158 valence electrons. The molecular formula is C25H23FN2O3. The van der Waals surface area contributed by atoms with Gasteiger partial charge >= 0.3 is 5.97 Å². The molecule has 3 aromatic carbocycles. The molecule has 5 nitrogen and oxygen atoms in total. The van der Waals surface area contributed by atoms with Crippen molar-refractivity contribution in [3.05, 3.63) is 94.8 Å². The lowest BCUT2D eigenvalue weighted by Gasteiger charge is -2.39. The van der Waals surface area contributed by atoms with E-state index in [2.05, 4.69) is 24.5 Å². The summed E-state index contributed by atoms with van der Waals surface area (Å²) < 4.78 is 14.0. The maximum absolute atomic E-state index is 14.0. The van der Waals surface area contributed by atoms with Gasteiger partial charge in [0.15, 0.2) is 0 Å².